The summed E-state index contributed by atoms with van der Waals surface area (Å²) in [5, 5.41) is 9.67. The Labute approximate surface area is 157 Å². The fraction of sp³-hybridized carbons (Fsp3) is 0.500. The highest BCUT2D eigenvalue weighted by molar-refractivity contribution is 7.99. The third-order valence-corrected chi connectivity index (χ3v) is 5.81. The highest BCUT2D eigenvalue weighted by atomic mass is 32.2. The molecule has 1 unspecified atom stereocenters. The van der Waals surface area contributed by atoms with Gasteiger partial charge >= 0.3 is 0 Å². The van der Waals surface area contributed by atoms with Crippen LogP contribution in [0.1, 0.15) is 37.3 Å². The molecule has 0 radical (unpaired) electrons. The Morgan fingerprint density at radius 1 is 1.35 bits per heavy atom. The van der Waals surface area contributed by atoms with Crippen LogP contribution in [0, 0.1) is 0 Å². The molecule has 26 heavy (non-hydrogen) atoms. The number of aryl methyl sites for hydroxylation is 2. The second-order valence-corrected chi connectivity index (χ2v) is 7.66. The molecule has 1 fully saturated rings. The average molecular weight is 372 g/mol. The molecule has 3 aromatic heterocycles. The first kappa shape index (κ1) is 17.4. The van der Waals surface area contributed by atoms with Crippen LogP contribution in [0.3, 0.4) is 0 Å². The van der Waals surface area contributed by atoms with Crippen molar-refractivity contribution in [2.75, 3.05) is 13.1 Å². The largest absolute Gasteiger partial charge is 0.453 e. The summed E-state index contributed by atoms with van der Waals surface area (Å²) < 4.78 is 10.2. The Hall–Kier alpha value is -2.06. The molecule has 0 bridgehead atoms. The zero-order chi connectivity index (χ0) is 17.9. The first-order valence-electron chi connectivity index (χ1n) is 9.07. The summed E-state index contributed by atoms with van der Waals surface area (Å²) in [6.45, 7) is 6.12. The Balaban J connectivity index is 1.39. The van der Waals surface area contributed by atoms with Crippen LogP contribution in [0.5, 0.6) is 0 Å². The molecule has 138 valence electrons. The molecule has 0 N–H and O–H groups in total. The summed E-state index contributed by atoms with van der Waals surface area (Å²) in [6.07, 6.45) is 8.10. The second-order valence-electron chi connectivity index (χ2n) is 6.69. The predicted octanol–water partition coefficient (Wildman–Crippen LogP) is 3.16. The van der Waals surface area contributed by atoms with Crippen LogP contribution in [0.4, 0.5) is 0 Å². The number of piperidine rings is 1. The van der Waals surface area contributed by atoms with E-state index in [9.17, 15) is 0 Å². The second kappa shape index (κ2) is 7.67. The number of nitrogens with zero attached hydrogens (tertiary/aromatic N) is 6. The molecule has 0 amide bonds. The van der Waals surface area contributed by atoms with E-state index in [-0.39, 0.29) is 0 Å². The molecule has 3 aromatic rings. The summed E-state index contributed by atoms with van der Waals surface area (Å²) in [7, 11) is 1.93. The Morgan fingerprint density at radius 2 is 2.27 bits per heavy atom. The van der Waals surface area contributed by atoms with Crippen molar-refractivity contribution in [3.8, 4) is 0 Å². The summed E-state index contributed by atoms with van der Waals surface area (Å²) in [6, 6.07) is 4.08. The lowest BCUT2D eigenvalue weighted by Crippen LogP contribution is -2.34. The van der Waals surface area contributed by atoms with Gasteiger partial charge in [-0.05, 0) is 50.2 Å². The molecule has 1 atom stereocenters. The van der Waals surface area contributed by atoms with Crippen LogP contribution in [0.2, 0.25) is 0 Å². The minimum Gasteiger partial charge on any atom is -0.453 e. The van der Waals surface area contributed by atoms with Gasteiger partial charge in [-0.3, -0.25) is 4.90 Å². The lowest BCUT2D eigenvalue weighted by Gasteiger charge is -2.32. The Bertz CT molecular complexity index is 853. The molecule has 4 heterocycles. The van der Waals surface area contributed by atoms with Crippen molar-refractivity contribution >= 4 is 11.8 Å². The molecule has 1 aliphatic heterocycles. The first-order chi connectivity index (χ1) is 12.7. The van der Waals surface area contributed by atoms with Crippen LogP contribution in [-0.2, 0) is 20.1 Å². The summed E-state index contributed by atoms with van der Waals surface area (Å²) >= 11 is 1.50. The van der Waals surface area contributed by atoms with E-state index in [4.69, 9.17) is 4.42 Å². The number of rotatable bonds is 6. The van der Waals surface area contributed by atoms with Crippen molar-refractivity contribution in [2.24, 2.45) is 7.05 Å². The van der Waals surface area contributed by atoms with Gasteiger partial charge in [-0.2, -0.15) is 0 Å². The molecular formula is C18H24N6OS. The summed E-state index contributed by atoms with van der Waals surface area (Å²) in [5.41, 5.74) is 0. The smallest absolute Gasteiger partial charge is 0.198 e. The third kappa shape index (κ3) is 3.71. The first-order valence-corrected chi connectivity index (χ1v) is 9.88. The molecule has 4 rings (SSSR count). The zero-order valence-corrected chi connectivity index (χ0v) is 16.0. The van der Waals surface area contributed by atoms with Gasteiger partial charge < -0.3 is 13.6 Å². The Kier molecular flexibility index (Phi) is 5.12. The Morgan fingerprint density at radius 3 is 3.08 bits per heavy atom. The molecule has 8 heteroatoms. The van der Waals surface area contributed by atoms with E-state index in [2.05, 4.69) is 43.8 Å². The number of likely N-dealkylation sites (tertiary alicyclic amines) is 1. The summed E-state index contributed by atoms with van der Waals surface area (Å²) in [5.74, 6) is 2.71. The molecule has 0 aliphatic carbocycles. The number of hydrogen-bond donors (Lipinski definition) is 0. The number of hydrogen-bond acceptors (Lipinski definition) is 6. The maximum Gasteiger partial charge on any atom is 0.198 e. The minimum absolute atomic E-state index is 0.501. The van der Waals surface area contributed by atoms with Gasteiger partial charge in [0.05, 0.1) is 6.54 Å². The maximum atomic E-state index is 6.00. The topological polar surface area (TPSA) is 64.9 Å². The normalized spacial score (nSPS) is 18.5. The number of furan rings is 1. The van der Waals surface area contributed by atoms with Gasteiger partial charge in [0.15, 0.2) is 10.2 Å². The molecule has 0 aromatic carbocycles. The molecule has 1 aliphatic rings. The minimum atomic E-state index is 0.501. The van der Waals surface area contributed by atoms with Crippen LogP contribution >= 0.6 is 11.8 Å². The van der Waals surface area contributed by atoms with Crippen LogP contribution in [0.15, 0.2) is 45.5 Å². The average Bonchev–Trinajstić information content (AvgIpc) is 3.38. The van der Waals surface area contributed by atoms with Crippen molar-refractivity contribution in [3.05, 3.63) is 42.4 Å². The van der Waals surface area contributed by atoms with E-state index < -0.39 is 0 Å². The monoisotopic (exact) mass is 372 g/mol. The maximum absolute atomic E-state index is 6.00. The lowest BCUT2D eigenvalue weighted by molar-refractivity contribution is 0.179. The van der Waals surface area contributed by atoms with Gasteiger partial charge in [-0.1, -0.05) is 0 Å². The third-order valence-electron chi connectivity index (χ3n) is 4.84. The number of imidazole rings is 1. The predicted molar refractivity (Wildman–Crippen MR) is 99.0 cm³/mol. The van der Waals surface area contributed by atoms with Gasteiger partial charge in [0.1, 0.15) is 17.9 Å². The van der Waals surface area contributed by atoms with E-state index in [1.165, 1.54) is 30.4 Å². The zero-order valence-electron chi connectivity index (χ0n) is 15.2. The molecule has 0 saturated carbocycles. The van der Waals surface area contributed by atoms with E-state index in [1.54, 1.807) is 6.33 Å². The fourth-order valence-electron chi connectivity index (χ4n) is 3.53. The highest BCUT2D eigenvalue weighted by Gasteiger charge is 2.25. The fourth-order valence-corrected chi connectivity index (χ4v) is 4.28. The van der Waals surface area contributed by atoms with Gasteiger partial charge in [-0.25, -0.2) is 4.98 Å². The lowest BCUT2D eigenvalue weighted by atomic mass is 9.97. The van der Waals surface area contributed by atoms with Gasteiger partial charge in [0.25, 0.3) is 0 Å². The van der Waals surface area contributed by atoms with Crippen molar-refractivity contribution in [1.29, 1.82) is 0 Å². The summed E-state index contributed by atoms with van der Waals surface area (Å²) in [4.78, 5) is 7.07. The van der Waals surface area contributed by atoms with E-state index in [0.717, 1.165) is 42.2 Å². The van der Waals surface area contributed by atoms with Crippen molar-refractivity contribution in [2.45, 2.75) is 49.0 Å². The SMILES string of the molecule is CCn1ccnc1C1CCCN(Cc2ccc(Sc3nncn3C)o2)C1. The van der Waals surface area contributed by atoms with Gasteiger partial charge in [0, 0.05) is 38.4 Å². The van der Waals surface area contributed by atoms with Gasteiger partial charge in [0.2, 0.25) is 0 Å². The van der Waals surface area contributed by atoms with Gasteiger partial charge in [-0.15, -0.1) is 10.2 Å². The van der Waals surface area contributed by atoms with Crippen molar-refractivity contribution in [1.82, 2.24) is 29.2 Å². The molecule has 0 spiro atoms. The van der Waals surface area contributed by atoms with Crippen molar-refractivity contribution in [3.63, 3.8) is 0 Å². The quantitative estimate of drug-likeness (QED) is 0.662. The molecule has 1 saturated heterocycles. The number of aromatic nitrogens is 5. The molecule has 7 nitrogen and oxygen atoms in total. The van der Waals surface area contributed by atoms with Crippen LogP contribution in [0.25, 0.3) is 0 Å². The molecular weight excluding hydrogens is 348 g/mol. The van der Waals surface area contributed by atoms with Crippen molar-refractivity contribution < 1.29 is 4.42 Å². The van der Waals surface area contributed by atoms with Crippen LogP contribution < -0.4 is 0 Å². The standard InChI is InChI=1S/C18H24N6OS/c1-3-24-10-8-19-17(24)14-5-4-9-23(11-14)12-15-6-7-16(25-15)26-18-21-20-13-22(18)2/h6-8,10,13-14H,3-5,9,11-12H2,1-2H3. The van der Waals surface area contributed by atoms with E-state index in [1.807, 2.05) is 23.9 Å². The highest BCUT2D eigenvalue weighted by Crippen LogP contribution is 2.30. The van der Waals surface area contributed by atoms with Crippen LogP contribution in [-0.4, -0.2) is 42.3 Å². The van der Waals surface area contributed by atoms with E-state index >= 15 is 0 Å². The van der Waals surface area contributed by atoms with E-state index in [0.29, 0.717) is 5.92 Å².